The number of carboxylic acid groups (broad SMARTS) is 1. The number of aliphatic carboxylic acids is 1. The first-order valence-corrected chi connectivity index (χ1v) is 13.9. The Bertz CT molecular complexity index is 1570. The Morgan fingerprint density at radius 2 is 1.40 bits per heavy atom. The van der Waals surface area contributed by atoms with Gasteiger partial charge in [-0.2, -0.15) is 26.3 Å². The molecule has 0 aromatic heterocycles. The average Bonchev–Trinajstić information content (AvgIpc) is 3.37. The zero-order valence-electron chi connectivity index (χ0n) is 21.6. The summed E-state index contributed by atoms with van der Waals surface area (Å²) in [5.74, 6) is -6.28. The highest BCUT2D eigenvalue weighted by atomic mass is 32.2. The first kappa shape index (κ1) is 32.3. The van der Waals surface area contributed by atoms with Gasteiger partial charge in [-0.25, -0.2) is 21.6 Å². The molecule has 5 nitrogen and oxygen atoms in total. The van der Waals surface area contributed by atoms with Crippen LogP contribution in [0.25, 0.3) is 0 Å². The molecule has 43 heavy (non-hydrogen) atoms. The fourth-order valence-corrected chi connectivity index (χ4v) is 7.51. The Hall–Kier alpha value is -3.59. The van der Waals surface area contributed by atoms with Crippen molar-refractivity contribution in [1.29, 1.82) is 0 Å². The van der Waals surface area contributed by atoms with Crippen LogP contribution < -0.4 is 0 Å². The molecule has 232 valence electrons. The largest absolute Gasteiger partial charge is 0.481 e. The quantitative estimate of drug-likeness (QED) is 0.208. The van der Waals surface area contributed by atoms with Crippen LogP contribution in [-0.4, -0.2) is 31.8 Å². The van der Waals surface area contributed by atoms with Crippen molar-refractivity contribution < 1.29 is 62.6 Å². The highest BCUT2D eigenvalue weighted by molar-refractivity contribution is 7.92. The third-order valence-electron chi connectivity index (χ3n) is 7.57. The van der Waals surface area contributed by atoms with Gasteiger partial charge in [0.05, 0.1) is 17.4 Å². The zero-order valence-corrected chi connectivity index (χ0v) is 22.5. The van der Waals surface area contributed by atoms with Crippen LogP contribution in [0.15, 0.2) is 71.6 Å². The number of hydrogen-bond acceptors (Lipinski definition) is 4. The van der Waals surface area contributed by atoms with Gasteiger partial charge < -0.3 is 9.84 Å². The van der Waals surface area contributed by atoms with Crippen LogP contribution in [0, 0.1) is 23.4 Å². The number of benzene rings is 3. The van der Waals surface area contributed by atoms with E-state index in [2.05, 4.69) is 4.74 Å². The molecular weight excluding hydrogens is 619 g/mol. The second kappa shape index (κ2) is 11.2. The number of carboxylic acids is 1. The minimum atomic E-state index is -6.23. The third-order valence-corrected chi connectivity index (χ3v) is 10.1. The summed E-state index contributed by atoms with van der Waals surface area (Å²) < 4.78 is 157. The number of hydrogen-bond donors (Lipinski definition) is 1. The molecule has 1 aliphatic rings. The van der Waals surface area contributed by atoms with Gasteiger partial charge in [0.2, 0.25) is 0 Å². The molecule has 3 aromatic rings. The van der Waals surface area contributed by atoms with Gasteiger partial charge in [-0.3, -0.25) is 4.79 Å². The van der Waals surface area contributed by atoms with Crippen molar-refractivity contribution in [3.8, 4) is 0 Å². The maximum absolute atomic E-state index is 14.3. The molecule has 1 saturated carbocycles. The molecule has 0 heterocycles. The molecule has 0 saturated heterocycles. The molecule has 4 rings (SSSR count). The summed E-state index contributed by atoms with van der Waals surface area (Å²) >= 11 is 0. The van der Waals surface area contributed by atoms with Crippen molar-refractivity contribution in [1.82, 2.24) is 0 Å². The van der Waals surface area contributed by atoms with Crippen LogP contribution in [-0.2, 0) is 36.3 Å². The number of ether oxygens (including phenoxy) is 1. The van der Waals surface area contributed by atoms with E-state index in [1.165, 1.54) is 0 Å². The average molecular weight is 641 g/mol. The lowest BCUT2D eigenvalue weighted by atomic mass is 9.88. The molecule has 0 radical (unpaired) electrons. The first-order valence-electron chi connectivity index (χ1n) is 12.4. The molecule has 0 bridgehead atoms. The van der Waals surface area contributed by atoms with Crippen molar-refractivity contribution in [3.63, 3.8) is 0 Å². The van der Waals surface area contributed by atoms with Crippen LogP contribution in [0.1, 0.15) is 36.0 Å². The summed E-state index contributed by atoms with van der Waals surface area (Å²) in [7, 11) is -4.59. The smallest absolute Gasteiger partial charge is 0.430 e. The SMILES string of the molecule is O=C(O)[C@@H]1CC[C@@](c2ccc(C(OCc3c(F)cccc3F)(C(F)(F)F)C(F)(F)F)cc2)(S(=O)(=O)c2ccc(F)cc2)C1. The van der Waals surface area contributed by atoms with E-state index in [-0.39, 0.29) is 18.4 Å². The van der Waals surface area contributed by atoms with E-state index >= 15 is 0 Å². The molecule has 1 aliphatic carbocycles. The molecule has 0 amide bonds. The lowest BCUT2D eigenvalue weighted by Gasteiger charge is -2.38. The first-order chi connectivity index (χ1) is 19.9. The van der Waals surface area contributed by atoms with Crippen molar-refractivity contribution in [2.75, 3.05) is 0 Å². The second-order valence-corrected chi connectivity index (χ2v) is 12.2. The van der Waals surface area contributed by atoms with E-state index in [4.69, 9.17) is 0 Å². The Morgan fingerprint density at radius 3 is 1.86 bits per heavy atom. The molecule has 0 unspecified atom stereocenters. The van der Waals surface area contributed by atoms with E-state index in [0.717, 1.165) is 30.3 Å². The van der Waals surface area contributed by atoms with Gasteiger partial charge in [-0.1, -0.05) is 30.3 Å². The summed E-state index contributed by atoms with van der Waals surface area (Å²) in [6.45, 7) is -1.78. The predicted octanol–water partition coefficient (Wildman–Crippen LogP) is 7.19. The van der Waals surface area contributed by atoms with Crippen LogP contribution in [0.3, 0.4) is 0 Å². The van der Waals surface area contributed by atoms with Crippen molar-refractivity contribution in [2.24, 2.45) is 5.92 Å². The van der Waals surface area contributed by atoms with Crippen LogP contribution >= 0.6 is 0 Å². The second-order valence-electron chi connectivity index (χ2n) is 9.97. The van der Waals surface area contributed by atoms with Gasteiger partial charge in [0.1, 0.15) is 22.2 Å². The van der Waals surface area contributed by atoms with E-state index in [0.29, 0.717) is 36.4 Å². The number of halogens is 9. The summed E-state index contributed by atoms with van der Waals surface area (Å²) in [5, 5.41) is 9.52. The lowest BCUT2D eigenvalue weighted by molar-refractivity contribution is -0.392. The molecule has 3 aromatic carbocycles. The number of alkyl halides is 6. The van der Waals surface area contributed by atoms with E-state index in [1.807, 2.05) is 0 Å². The van der Waals surface area contributed by atoms with Gasteiger partial charge in [0, 0.05) is 11.1 Å². The predicted molar refractivity (Wildman–Crippen MR) is 132 cm³/mol. The summed E-state index contributed by atoms with van der Waals surface area (Å²) in [6.07, 6.45) is -13.6. The number of rotatable bonds is 8. The van der Waals surface area contributed by atoms with Crippen LogP contribution in [0.5, 0.6) is 0 Å². The topological polar surface area (TPSA) is 80.7 Å². The van der Waals surface area contributed by atoms with Gasteiger partial charge in [0.15, 0.2) is 9.84 Å². The Morgan fingerprint density at radius 1 is 0.860 bits per heavy atom. The highest BCUT2D eigenvalue weighted by Gasteiger charge is 2.73. The summed E-state index contributed by atoms with van der Waals surface area (Å²) in [4.78, 5) is 11.3. The molecule has 2 atom stereocenters. The summed E-state index contributed by atoms with van der Waals surface area (Å²) in [6, 6.07) is 7.55. The van der Waals surface area contributed by atoms with Crippen molar-refractivity contribution in [2.45, 2.75) is 53.5 Å². The highest BCUT2D eigenvalue weighted by Crippen LogP contribution is 2.55. The molecule has 1 N–H and O–H groups in total. The molecule has 0 aliphatic heterocycles. The van der Waals surface area contributed by atoms with Crippen LogP contribution in [0.4, 0.5) is 39.5 Å². The minimum Gasteiger partial charge on any atom is -0.481 e. The van der Waals surface area contributed by atoms with Crippen molar-refractivity contribution in [3.05, 3.63) is 101 Å². The van der Waals surface area contributed by atoms with E-state index in [9.17, 15) is 57.8 Å². The number of carbonyl (C=O) groups is 1. The maximum atomic E-state index is 14.3. The number of sulfone groups is 1. The Labute approximate surface area is 238 Å². The summed E-state index contributed by atoms with van der Waals surface area (Å²) in [5.41, 5.74) is -8.18. The molecule has 15 heteroatoms. The van der Waals surface area contributed by atoms with Gasteiger partial charge in [-0.15, -0.1) is 0 Å². The Kier molecular flexibility index (Phi) is 8.39. The normalized spacial score (nSPS) is 19.9. The fraction of sp³-hybridized carbons (Fsp3) is 0.321. The Balaban J connectivity index is 1.86. The third kappa shape index (κ3) is 5.48. The zero-order chi connectivity index (χ0) is 32.0. The molecular formula is C28H21F9O5S. The van der Waals surface area contributed by atoms with E-state index < -0.39 is 90.9 Å². The maximum Gasteiger partial charge on any atom is 0.430 e. The standard InChI is InChI=1S/C28H21F9O5S/c29-19-8-10-20(11-9-19)43(40,41)25(13-12-16(14-25)24(38)39)17-4-6-18(7-5-17)26(27(32,33)34,28(35,36)37)42-15-21-22(30)2-1-3-23(21)31/h1-11,16H,12-15H2,(H,38,39)/t16-,25-/m1/s1. The molecule has 1 fully saturated rings. The fourth-order valence-electron chi connectivity index (χ4n) is 5.32. The van der Waals surface area contributed by atoms with E-state index in [1.54, 1.807) is 0 Å². The monoisotopic (exact) mass is 640 g/mol. The van der Waals surface area contributed by atoms with Gasteiger partial charge in [0.25, 0.3) is 5.60 Å². The van der Waals surface area contributed by atoms with Gasteiger partial charge >= 0.3 is 18.3 Å². The molecule has 0 spiro atoms. The van der Waals surface area contributed by atoms with Gasteiger partial charge in [-0.05, 0) is 61.2 Å². The minimum absolute atomic E-state index is 0.191. The van der Waals surface area contributed by atoms with Crippen molar-refractivity contribution >= 4 is 15.8 Å². The lowest BCUT2D eigenvalue weighted by Crippen LogP contribution is -2.56. The van der Waals surface area contributed by atoms with Crippen LogP contribution in [0.2, 0.25) is 0 Å².